The molecule has 1 aromatic heterocycles. The zero-order valence-corrected chi connectivity index (χ0v) is 24.2. The van der Waals surface area contributed by atoms with E-state index in [0.717, 1.165) is 24.9 Å². The van der Waals surface area contributed by atoms with E-state index >= 15 is 0 Å². The first-order chi connectivity index (χ1) is 19.5. The third-order valence-corrected chi connectivity index (χ3v) is 7.53. The molecule has 0 spiro atoms. The van der Waals surface area contributed by atoms with Crippen molar-refractivity contribution in [3.63, 3.8) is 0 Å². The molecule has 6 nitrogen and oxygen atoms in total. The Balaban J connectivity index is 1.80. The van der Waals surface area contributed by atoms with Gasteiger partial charge in [0.2, 0.25) is 0 Å². The Morgan fingerprint density at radius 1 is 0.925 bits per heavy atom. The molecule has 0 aliphatic rings. The summed E-state index contributed by atoms with van der Waals surface area (Å²) in [7, 11) is 1.63. The van der Waals surface area contributed by atoms with Gasteiger partial charge in [0.25, 0.3) is 11.5 Å². The minimum absolute atomic E-state index is 0.0979. The van der Waals surface area contributed by atoms with Gasteiger partial charge in [-0.05, 0) is 73.2 Å². The Morgan fingerprint density at radius 3 is 2.27 bits per heavy atom. The first kappa shape index (κ1) is 29.2. The van der Waals surface area contributed by atoms with Crippen molar-refractivity contribution in [2.24, 2.45) is 0 Å². The molecule has 0 radical (unpaired) electrons. The number of hydrogen-bond donors (Lipinski definition) is 0. The Morgan fingerprint density at radius 2 is 1.62 bits per heavy atom. The number of para-hydroxylation sites is 1. The topological polar surface area (TPSA) is 64.4 Å². The maximum Gasteiger partial charge on any atom is 0.266 e. The number of rotatable bonds is 13. The fourth-order valence-corrected chi connectivity index (χ4v) is 5.19. The second-order valence-electron chi connectivity index (χ2n) is 10.2. The van der Waals surface area contributed by atoms with Gasteiger partial charge in [0.05, 0.1) is 29.2 Å². The van der Waals surface area contributed by atoms with Crippen molar-refractivity contribution >= 4 is 16.8 Å². The van der Waals surface area contributed by atoms with Crippen molar-refractivity contribution in [3.05, 3.63) is 106 Å². The van der Waals surface area contributed by atoms with E-state index in [9.17, 15) is 9.59 Å². The molecule has 40 heavy (non-hydrogen) atoms. The predicted octanol–water partition coefficient (Wildman–Crippen LogP) is 6.92. The highest BCUT2D eigenvalue weighted by Gasteiger charge is 2.29. The summed E-state index contributed by atoms with van der Waals surface area (Å²) in [6, 6.07) is 22.9. The molecule has 1 unspecified atom stereocenters. The highest BCUT2D eigenvalue weighted by atomic mass is 16.5. The standard InChI is InChI=1S/C34H41N3O3/c1-5-8-9-12-26-15-19-27(20-16-26)33(38)36(23-24-40-4)31(7-3)32-35-30-14-11-10-13-29(30)34(39)37(32)28-21-17-25(6-2)18-22-28/h10-11,13-22,31H,5-9,12,23-24H2,1-4H3. The lowest BCUT2D eigenvalue weighted by molar-refractivity contribution is 0.0579. The third-order valence-electron chi connectivity index (χ3n) is 7.53. The average molecular weight is 540 g/mol. The first-order valence-electron chi connectivity index (χ1n) is 14.5. The second kappa shape index (κ2) is 14.0. The second-order valence-corrected chi connectivity index (χ2v) is 10.2. The van der Waals surface area contributed by atoms with E-state index in [1.165, 1.54) is 24.0 Å². The van der Waals surface area contributed by atoms with Gasteiger partial charge in [-0.2, -0.15) is 0 Å². The molecule has 1 amide bonds. The molecule has 0 saturated carbocycles. The molecule has 1 atom stereocenters. The van der Waals surface area contributed by atoms with Gasteiger partial charge >= 0.3 is 0 Å². The Labute approximate surface area is 237 Å². The van der Waals surface area contributed by atoms with Crippen molar-refractivity contribution in [2.45, 2.75) is 65.3 Å². The molecule has 4 rings (SSSR count). The Hall–Kier alpha value is -3.77. The highest BCUT2D eigenvalue weighted by molar-refractivity contribution is 5.94. The van der Waals surface area contributed by atoms with Gasteiger partial charge in [0, 0.05) is 19.2 Å². The van der Waals surface area contributed by atoms with Gasteiger partial charge in [-0.15, -0.1) is 0 Å². The summed E-state index contributed by atoms with van der Waals surface area (Å²) in [5, 5.41) is 0.550. The predicted molar refractivity (Wildman–Crippen MR) is 162 cm³/mol. The molecule has 0 saturated heterocycles. The quantitative estimate of drug-likeness (QED) is 0.173. The third kappa shape index (κ3) is 6.50. The zero-order valence-electron chi connectivity index (χ0n) is 24.2. The number of nitrogens with zero attached hydrogens (tertiary/aromatic N) is 3. The number of benzene rings is 3. The molecule has 1 heterocycles. The molecule has 210 valence electrons. The van der Waals surface area contributed by atoms with Crippen molar-refractivity contribution in [2.75, 3.05) is 20.3 Å². The Kier molecular flexibility index (Phi) is 10.3. The summed E-state index contributed by atoms with van der Waals surface area (Å²) in [5.41, 5.74) is 4.27. The van der Waals surface area contributed by atoms with E-state index in [4.69, 9.17) is 9.72 Å². The van der Waals surface area contributed by atoms with Crippen LogP contribution in [0.25, 0.3) is 16.6 Å². The van der Waals surface area contributed by atoms with Crippen LogP contribution in [0.3, 0.4) is 0 Å². The van der Waals surface area contributed by atoms with E-state index in [0.29, 0.717) is 41.9 Å². The molecule has 3 aromatic carbocycles. The van der Waals surface area contributed by atoms with Gasteiger partial charge in [-0.3, -0.25) is 14.2 Å². The largest absolute Gasteiger partial charge is 0.383 e. The van der Waals surface area contributed by atoms with Crippen LogP contribution < -0.4 is 5.56 Å². The smallest absolute Gasteiger partial charge is 0.266 e. The molecule has 0 aliphatic heterocycles. The SMILES string of the molecule is CCCCCc1ccc(C(=O)N(CCOC)C(CC)c2nc3ccccc3c(=O)n2-c2ccc(CC)cc2)cc1. The van der Waals surface area contributed by atoms with Crippen molar-refractivity contribution < 1.29 is 9.53 Å². The zero-order chi connectivity index (χ0) is 28.5. The number of hydrogen-bond acceptors (Lipinski definition) is 4. The normalized spacial score (nSPS) is 12.0. The maximum absolute atomic E-state index is 14.0. The summed E-state index contributed by atoms with van der Waals surface area (Å²) in [5.74, 6) is 0.454. The number of aromatic nitrogens is 2. The van der Waals surface area contributed by atoms with Gasteiger partial charge in [-0.1, -0.05) is 70.0 Å². The lowest BCUT2D eigenvalue weighted by Crippen LogP contribution is -2.40. The molecule has 0 bridgehead atoms. The Bertz CT molecular complexity index is 1460. The average Bonchev–Trinajstić information content (AvgIpc) is 2.99. The number of ether oxygens (including phenoxy) is 1. The summed E-state index contributed by atoms with van der Waals surface area (Å²) in [4.78, 5) is 34.8. The molecular formula is C34H41N3O3. The number of amides is 1. The summed E-state index contributed by atoms with van der Waals surface area (Å²) < 4.78 is 7.09. The van der Waals surface area contributed by atoms with Crippen molar-refractivity contribution in [1.82, 2.24) is 14.5 Å². The molecular weight excluding hydrogens is 498 g/mol. The summed E-state index contributed by atoms with van der Waals surface area (Å²) in [6.45, 7) is 7.09. The molecule has 0 aliphatic carbocycles. The van der Waals surface area contributed by atoms with Gasteiger partial charge in [-0.25, -0.2) is 4.98 Å². The lowest BCUT2D eigenvalue weighted by Gasteiger charge is -2.32. The van der Waals surface area contributed by atoms with E-state index in [1.807, 2.05) is 72.5 Å². The van der Waals surface area contributed by atoms with Gasteiger partial charge in [0.15, 0.2) is 0 Å². The number of carbonyl (C=O) groups excluding carboxylic acids is 1. The first-order valence-corrected chi connectivity index (χ1v) is 14.5. The summed E-state index contributed by atoms with van der Waals surface area (Å²) >= 11 is 0. The highest BCUT2D eigenvalue weighted by Crippen LogP contribution is 2.28. The monoisotopic (exact) mass is 539 g/mol. The fourth-order valence-electron chi connectivity index (χ4n) is 5.19. The van der Waals surface area contributed by atoms with Crippen molar-refractivity contribution in [1.29, 1.82) is 0 Å². The van der Waals surface area contributed by atoms with Gasteiger partial charge < -0.3 is 9.64 Å². The number of methoxy groups -OCH3 is 1. The molecule has 0 fully saturated rings. The number of aryl methyl sites for hydroxylation is 2. The lowest BCUT2D eigenvalue weighted by atomic mass is 10.0. The van der Waals surface area contributed by atoms with Gasteiger partial charge in [0.1, 0.15) is 5.82 Å². The van der Waals surface area contributed by atoms with Crippen LogP contribution in [0.1, 0.15) is 79.8 Å². The van der Waals surface area contributed by atoms with E-state index in [2.05, 4.69) is 26.0 Å². The van der Waals surface area contributed by atoms with Crippen LogP contribution in [-0.4, -0.2) is 40.6 Å². The molecule has 0 N–H and O–H groups in total. The number of fused-ring (bicyclic) bond motifs is 1. The van der Waals surface area contributed by atoms with E-state index < -0.39 is 6.04 Å². The van der Waals surface area contributed by atoms with E-state index in [1.54, 1.807) is 11.7 Å². The van der Waals surface area contributed by atoms with Crippen LogP contribution in [0.5, 0.6) is 0 Å². The molecule has 4 aromatic rings. The van der Waals surface area contributed by atoms with Crippen LogP contribution in [0.4, 0.5) is 0 Å². The van der Waals surface area contributed by atoms with Crippen LogP contribution in [0, 0.1) is 0 Å². The van der Waals surface area contributed by atoms with Crippen LogP contribution >= 0.6 is 0 Å². The number of unbranched alkanes of at least 4 members (excludes halogenated alkanes) is 2. The minimum atomic E-state index is -0.435. The summed E-state index contributed by atoms with van der Waals surface area (Å²) in [6.07, 6.45) is 6.03. The van der Waals surface area contributed by atoms with Crippen LogP contribution in [0.2, 0.25) is 0 Å². The van der Waals surface area contributed by atoms with Crippen molar-refractivity contribution in [3.8, 4) is 5.69 Å². The maximum atomic E-state index is 14.0. The molecule has 6 heteroatoms. The van der Waals surface area contributed by atoms with Crippen LogP contribution in [-0.2, 0) is 17.6 Å². The van der Waals surface area contributed by atoms with E-state index in [-0.39, 0.29) is 11.5 Å². The number of carbonyl (C=O) groups is 1. The minimum Gasteiger partial charge on any atom is -0.383 e. The fraction of sp³-hybridized carbons (Fsp3) is 0.382. The van der Waals surface area contributed by atoms with Crippen LogP contribution in [0.15, 0.2) is 77.6 Å².